The first-order valence-electron chi connectivity index (χ1n) is 4.83. The molecule has 0 radical (unpaired) electrons. The minimum Gasteiger partial charge on any atom is -0.344 e. The van der Waals surface area contributed by atoms with E-state index in [4.69, 9.17) is 11.6 Å². The molecule has 1 aliphatic heterocycles. The molecule has 1 aromatic carbocycles. The number of aliphatic imine (C=N–C) groups is 1. The van der Waals surface area contributed by atoms with Crippen LogP contribution in [0.4, 0.5) is 5.69 Å². The molecule has 2 rings (SSSR count). The number of nitrogens with one attached hydrogen (secondary N) is 1. The molecule has 0 amide bonds. The molecule has 1 heterocycles. The number of hydrogen-bond donors (Lipinski definition) is 1. The lowest BCUT2D eigenvalue weighted by atomic mass is 10.2. The average molecular weight is 209 g/mol. The van der Waals surface area contributed by atoms with E-state index in [1.807, 2.05) is 25.1 Å². The quantitative estimate of drug-likeness (QED) is 0.753. The smallest absolute Gasteiger partial charge is 0.101 e. The van der Waals surface area contributed by atoms with E-state index in [1.54, 1.807) is 0 Å². The van der Waals surface area contributed by atoms with Crippen LogP contribution in [0.15, 0.2) is 23.2 Å². The molecule has 0 aromatic heterocycles. The Labute approximate surface area is 89.0 Å². The van der Waals surface area contributed by atoms with Gasteiger partial charge in [-0.1, -0.05) is 17.7 Å². The summed E-state index contributed by atoms with van der Waals surface area (Å²) in [6.45, 7) is 2.96. The molecule has 2 nitrogen and oxygen atoms in total. The van der Waals surface area contributed by atoms with Gasteiger partial charge in [-0.05, 0) is 31.0 Å². The Morgan fingerprint density at radius 1 is 1.43 bits per heavy atom. The van der Waals surface area contributed by atoms with Crippen molar-refractivity contribution in [3.8, 4) is 0 Å². The summed E-state index contributed by atoms with van der Waals surface area (Å²) in [5.41, 5.74) is 2.15. The zero-order valence-corrected chi connectivity index (χ0v) is 8.93. The molecule has 74 valence electrons. The third-order valence-corrected chi connectivity index (χ3v) is 2.83. The number of benzene rings is 1. The third kappa shape index (κ3) is 1.90. The van der Waals surface area contributed by atoms with Crippen LogP contribution in [0.5, 0.6) is 0 Å². The zero-order chi connectivity index (χ0) is 9.97. The fraction of sp³-hybridized carbons (Fsp3) is 0.364. The van der Waals surface area contributed by atoms with E-state index in [0.29, 0.717) is 0 Å². The van der Waals surface area contributed by atoms with E-state index in [9.17, 15) is 0 Å². The van der Waals surface area contributed by atoms with E-state index in [1.165, 1.54) is 0 Å². The maximum absolute atomic E-state index is 6.02. The number of hydrogen-bond acceptors (Lipinski definition) is 2. The molecule has 1 N–H and O–H groups in total. The molecule has 0 bridgehead atoms. The summed E-state index contributed by atoms with van der Waals surface area (Å²) in [7, 11) is 0. The molecule has 0 aliphatic carbocycles. The fourth-order valence-electron chi connectivity index (χ4n) is 1.54. The lowest BCUT2D eigenvalue weighted by Gasteiger charge is -2.09. The largest absolute Gasteiger partial charge is 0.344 e. The van der Waals surface area contributed by atoms with Crippen LogP contribution in [0.25, 0.3) is 0 Å². The van der Waals surface area contributed by atoms with Crippen molar-refractivity contribution in [3.05, 3.63) is 28.8 Å². The minimum atomic E-state index is 0.800. The van der Waals surface area contributed by atoms with Gasteiger partial charge in [0.05, 0.1) is 0 Å². The summed E-state index contributed by atoms with van der Waals surface area (Å²) in [6.07, 6.45) is 2.20. The summed E-state index contributed by atoms with van der Waals surface area (Å²) in [4.78, 5) is 4.36. The molecule has 3 heteroatoms. The predicted molar refractivity (Wildman–Crippen MR) is 61.3 cm³/mol. The van der Waals surface area contributed by atoms with Gasteiger partial charge in [0.25, 0.3) is 0 Å². The van der Waals surface area contributed by atoms with Crippen LogP contribution in [0, 0.1) is 6.92 Å². The Hall–Kier alpha value is -1.02. The normalized spacial score (nSPS) is 15.4. The Morgan fingerprint density at radius 2 is 2.29 bits per heavy atom. The van der Waals surface area contributed by atoms with E-state index < -0.39 is 0 Å². The van der Waals surface area contributed by atoms with Crippen molar-refractivity contribution in [2.75, 3.05) is 11.9 Å². The lowest BCUT2D eigenvalue weighted by Crippen LogP contribution is -2.09. The van der Waals surface area contributed by atoms with Crippen molar-refractivity contribution >= 4 is 23.1 Å². The van der Waals surface area contributed by atoms with E-state index in [0.717, 1.165) is 41.5 Å². The van der Waals surface area contributed by atoms with Gasteiger partial charge < -0.3 is 5.32 Å². The maximum Gasteiger partial charge on any atom is 0.101 e. The number of nitrogens with zero attached hydrogens (tertiary/aromatic N) is 1. The van der Waals surface area contributed by atoms with Crippen LogP contribution in [-0.4, -0.2) is 12.4 Å². The molecular formula is C11H13ClN2. The van der Waals surface area contributed by atoms with Crippen molar-refractivity contribution in [2.24, 2.45) is 4.99 Å². The van der Waals surface area contributed by atoms with Gasteiger partial charge in [-0.25, -0.2) is 0 Å². The number of anilines is 1. The molecule has 1 aliphatic rings. The highest BCUT2D eigenvalue weighted by atomic mass is 35.5. The van der Waals surface area contributed by atoms with Gasteiger partial charge in [-0.15, -0.1) is 0 Å². The molecule has 14 heavy (non-hydrogen) atoms. The second-order valence-corrected chi connectivity index (χ2v) is 3.88. The number of amidine groups is 1. The highest BCUT2D eigenvalue weighted by Crippen LogP contribution is 2.23. The van der Waals surface area contributed by atoms with Crippen LogP contribution in [0.2, 0.25) is 5.02 Å². The van der Waals surface area contributed by atoms with Crippen LogP contribution in [0.3, 0.4) is 0 Å². The Bertz CT molecular complexity index is 372. The van der Waals surface area contributed by atoms with E-state index in [-0.39, 0.29) is 0 Å². The third-order valence-electron chi connectivity index (χ3n) is 2.42. The first-order valence-corrected chi connectivity index (χ1v) is 5.20. The molecular weight excluding hydrogens is 196 g/mol. The fourth-order valence-corrected chi connectivity index (χ4v) is 1.71. The SMILES string of the molecule is Cc1c(Cl)cccc1NC1=NCCC1. The summed E-state index contributed by atoms with van der Waals surface area (Å²) in [5, 5.41) is 4.12. The summed E-state index contributed by atoms with van der Waals surface area (Å²) >= 11 is 6.02. The van der Waals surface area contributed by atoms with Gasteiger partial charge >= 0.3 is 0 Å². The van der Waals surface area contributed by atoms with Crippen molar-refractivity contribution in [3.63, 3.8) is 0 Å². The van der Waals surface area contributed by atoms with Gasteiger partial charge in [-0.2, -0.15) is 0 Å². The van der Waals surface area contributed by atoms with E-state index in [2.05, 4.69) is 10.3 Å². The van der Waals surface area contributed by atoms with Gasteiger partial charge in [0.15, 0.2) is 0 Å². The van der Waals surface area contributed by atoms with Gasteiger partial charge in [0, 0.05) is 23.7 Å². The van der Waals surface area contributed by atoms with Crippen molar-refractivity contribution < 1.29 is 0 Å². The van der Waals surface area contributed by atoms with Crippen molar-refractivity contribution in [2.45, 2.75) is 19.8 Å². The molecule has 0 atom stereocenters. The second-order valence-electron chi connectivity index (χ2n) is 3.47. The molecule has 0 unspecified atom stereocenters. The molecule has 0 saturated heterocycles. The predicted octanol–water partition coefficient (Wildman–Crippen LogP) is 3.25. The number of halogens is 1. The summed E-state index contributed by atoms with van der Waals surface area (Å²) in [5.74, 6) is 1.08. The highest BCUT2D eigenvalue weighted by molar-refractivity contribution is 6.31. The lowest BCUT2D eigenvalue weighted by molar-refractivity contribution is 0.951. The van der Waals surface area contributed by atoms with Crippen LogP contribution in [-0.2, 0) is 0 Å². The van der Waals surface area contributed by atoms with E-state index >= 15 is 0 Å². The average Bonchev–Trinajstić information content (AvgIpc) is 2.66. The topological polar surface area (TPSA) is 24.4 Å². The summed E-state index contributed by atoms with van der Waals surface area (Å²) < 4.78 is 0. The zero-order valence-electron chi connectivity index (χ0n) is 8.18. The molecule has 0 saturated carbocycles. The van der Waals surface area contributed by atoms with Gasteiger partial charge in [-0.3, -0.25) is 4.99 Å². The van der Waals surface area contributed by atoms with Crippen LogP contribution in [0.1, 0.15) is 18.4 Å². The highest BCUT2D eigenvalue weighted by Gasteiger charge is 2.08. The first-order chi connectivity index (χ1) is 6.77. The number of rotatable bonds is 1. The van der Waals surface area contributed by atoms with Crippen LogP contribution < -0.4 is 5.32 Å². The van der Waals surface area contributed by atoms with Crippen molar-refractivity contribution in [1.29, 1.82) is 0 Å². The molecule has 0 spiro atoms. The minimum absolute atomic E-state index is 0.800. The first kappa shape index (κ1) is 9.53. The van der Waals surface area contributed by atoms with Gasteiger partial charge in [0.1, 0.15) is 5.84 Å². The second kappa shape index (κ2) is 4.01. The Balaban J connectivity index is 2.20. The van der Waals surface area contributed by atoms with Crippen molar-refractivity contribution in [1.82, 2.24) is 0 Å². The Kier molecular flexibility index (Phi) is 2.73. The van der Waals surface area contributed by atoms with Crippen LogP contribution >= 0.6 is 11.6 Å². The standard InChI is InChI=1S/C11H13ClN2/c1-8-9(12)4-2-5-10(8)14-11-6-3-7-13-11/h2,4-5H,3,6-7H2,1H3,(H,13,14). The molecule has 0 fully saturated rings. The monoisotopic (exact) mass is 208 g/mol. The molecule has 1 aromatic rings. The summed E-state index contributed by atoms with van der Waals surface area (Å²) in [6, 6.07) is 5.88. The van der Waals surface area contributed by atoms with Gasteiger partial charge in [0.2, 0.25) is 0 Å². The Morgan fingerprint density at radius 3 is 3.00 bits per heavy atom. The maximum atomic E-state index is 6.02.